The molecule has 1 heterocycles. The lowest BCUT2D eigenvalue weighted by atomic mass is 9.92. The predicted molar refractivity (Wildman–Crippen MR) is 89.3 cm³/mol. The quantitative estimate of drug-likeness (QED) is 0.834. The van der Waals surface area contributed by atoms with Gasteiger partial charge in [0, 0.05) is 12.2 Å². The normalized spacial score (nSPS) is 14.8. The Balaban J connectivity index is 2.19. The number of hydrogen-bond donors (Lipinski definition) is 2. The molecule has 0 saturated heterocycles. The number of nitrogens with one attached hydrogen (secondary N) is 1. The Kier molecular flexibility index (Phi) is 4.63. The highest BCUT2D eigenvalue weighted by Crippen LogP contribution is 2.25. The van der Waals surface area contributed by atoms with Gasteiger partial charge in [-0.15, -0.1) is 0 Å². The number of thiocarbonyl (C=S) groups is 1. The van der Waals surface area contributed by atoms with E-state index in [1.165, 1.54) is 24.1 Å². The summed E-state index contributed by atoms with van der Waals surface area (Å²) in [6, 6.07) is 2.14. The molecule has 20 heavy (non-hydrogen) atoms. The van der Waals surface area contributed by atoms with Gasteiger partial charge in [-0.3, -0.25) is 0 Å². The number of rotatable bonds is 4. The summed E-state index contributed by atoms with van der Waals surface area (Å²) in [5.74, 6) is 0.863. The zero-order valence-corrected chi connectivity index (χ0v) is 13.6. The largest absolute Gasteiger partial charge is 0.389 e. The van der Waals surface area contributed by atoms with Crippen molar-refractivity contribution in [3.63, 3.8) is 0 Å². The van der Waals surface area contributed by atoms with E-state index in [1.807, 2.05) is 0 Å². The minimum atomic E-state index is 0.310. The number of nitrogens with two attached hydrogens (primary N) is 1. The molecule has 1 aromatic rings. The maximum absolute atomic E-state index is 5.86. The maximum atomic E-state index is 5.86. The molecule has 3 N–H and O–H groups in total. The summed E-state index contributed by atoms with van der Waals surface area (Å²) in [5, 5.41) is 3.42. The highest BCUT2D eigenvalue weighted by molar-refractivity contribution is 7.80. The third-order valence-electron chi connectivity index (χ3n) is 3.73. The van der Waals surface area contributed by atoms with Crippen LogP contribution in [0.1, 0.15) is 56.9 Å². The van der Waals surface area contributed by atoms with Crippen molar-refractivity contribution in [2.24, 2.45) is 11.1 Å². The van der Waals surface area contributed by atoms with Crippen LogP contribution >= 0.6 is 12.2 Å². The molecule has 110 valence electrons. The number of aryl methyl sites for hydroxylation is 2. The van der Waals surface area contributed by atoms with Gasteiger partial charge in [0.15, 0.2) is 0 Å². The molecule has 1 aliphatic carbocycles. The van der Waals surface area contributed by atoms with Crippen molar-refractivity contribution in [1.29, 1.82) is 0 Å². The Morgan fingerprint density at radius 3 is 2.70 bits per heavy atom. The SMILES string of the molecule is CC(C)(C)CCNc1nc2c(cc1C(N)=S)CCCC2. The Labute approximate surface area is 127 Å². The van der Waals surface area contributed by atoms with Gasteiger partial charge in [-0.2, -0.15) is 0 Å². The standard InChI is InChI=1S/C16H25N3S/c1-16(2,3)8-9-18-15-12(14(17)20)10-11-6-4-5-7-13(11)19-15/h10H,4-9H2,1-3H3,(H2,17,20)(H,18,19). The fourth-order valence-electron chi connectivity index (χ4n) is 2.51. The van der Waals surface area contributed by atoms with Gasteiger partial charge in [-0.1, -0.05) is 33.0 Å². The molecular weight excluding hydrogens is 266 g/mol. The molecule has 1 aromatic heterocycles. The monoisotopic (exact) mass is 291 g/mol. The van der Waals surface area contributed by atoms with E-state index in [0.29, 0.717) is 10.4 Å². The van der Waals surface area contributed by atoms with Gasteiger partial charge in [0.2, 0.25) is 0 Å². The van der Waals surface area contributed by atoms with Gasteiger partial charge in [-0.05, 0) is 49.1 Å². The molecule has 1 aliphatic rings. The lowest BCUT2D eigenvalue weighted by Crippen LogP contribution is -2.20. The van der Waals surface area contributed by atoms with Crippen molar-refractivity contribution in [3.8, 4) is 0 Å². The van der Waals surface area contributed by atoms with Crippen LogP contribution in [0.3, 0.4) is 0 Å². The lowest BCUT2D eigenvalue weighted by molar-refractivity contribution is 0.389. The summed E-state index contributed by atoms with van der Waals surface area (Å²) in [5.41, 5.74) is 9.60. The molecule has 0 radical (unpaired) electrons. The van der Waals surface area contributed by atoms with E-state index < -0.39 is 0 Å². The molecule has 3 nitrogen and oxygen atoms in total. The summed E-state index contributed by atoms with van der Waals surface area (Å²) in [6.07, 6.45) is 5.72. The molecule has 0 saturated carbocycles. The third-order valence-corrected chi connectivity index (χ3v) is 3.95. The molecule has 0 aliphatic heterocycles. The van der Waals surface area contributed by atoms with E-state index in [-0.39, 0.29) is 0 Å². The third kappa shape index (κ3) is 3.92. The Morgan fingerprint density at radius 1 is 1.35 bits per heavy atom. The summed E-state index contributed by atoms with van der Waals surface area (Å²) < 4.78 is 0. The van der Waals surface area contributed by atoms with E-state index in [9.17, 15) is 0 Å². The van der Waals surface area contributed by atoms with E-state index in [2.05, 4.69) is 32.2 Å². The number of hydrogen-bond acceptors (Lipinski definition) is 3. The number of pyridine rings is 1. The van der Waals surface area contributed by atoms with E-state index in [4.69, 9.17) is 22.9 Å². The fourth-order valence-corrected chi connectivity index (χ4v) is 2.67. The molecular formula is C16H25N3S. The van der Waals surface area contributed by atoms with Crippen LogP contribution in [0.4, 0.5) is 5.82 Å². The van der Waals surface area contributed by atoms with Gasteiger partial charge >= 0.3 is 0 Å². The highest BCUT2D eigenvalue weighted by Gasteiger charge is 2.17. The van der Waals surface area contributed by atoms with Crippen LogP contribution < -0.4 is 11.1 Å². The van der Waals surface area contributed by atoms with Crippen LogP contribution in [0.5, 0.6) is 0 Å². The van der Waals surface area contributed by atoms with E-state index >= 15 is 0 Å². The second-order valence-electron chi connectivity index (χ2n) is 6.80. The topological polar surface area (TPSA) is 50.9 Å². The molecule has 0 unspecified atom stereocenters. The van der Waals surface area contributed by atoms with Crippen molar-refractivity contribution in [2.45, 2.75) is 52.9 Å². The van der Waals surface area contributed by atoms with Crippen molar-refractivity contribution in [1.82, 2.24) is 4.98 Å². The van der Waals surface area contributed by atoms with Crippen LogP contribution in [0, 0.1) is 5.41 Å². The predicted octanol–water partition coefficient (Wildman–Crippen LogP) is 3.44. The number of aromatic nitrogens is 1. The van der Waals surface area contributed by atoms with Gasteiger partial charge in [-0.25, -0.2) is 4.98 Å². The van der Waals surface area contributed by atoms with E-state index in [1.54, 1.807) is 0 Å². The van der Waals surface area contributed by atoms with Crippen molar-refractivity contribution >= 4 is 23.0 Å². The van der Waals surface area contributed by atoms with Gasteiger partial charge in [0.1, 0.15) is 10.8 Å². The number of fused-ring (bicyclic) bond motifs is 1. The summed E-state index contributed by atoms with van der Waals surface area (Å²) >= 11 is 5.18. The number of anilines is 1. The first kappa shape index (κ1) is 15.2. The summed E-state index contributed by atoms with van der Waals surface area (Å²) in [7, 11) is 0. The Hall–Kier alpha value is -1.16. The minimum Gasteiger partial charge on any atom is -0.389 e. The summed E-state index contributed by atoms with van der Waals surface area (Å²) in [4.78, 5) is 5.21. The average molecular weight is 291 g/mol. The maximum Gasteiger partial charge on any atom is 0.136 e. The minimum absolute atomic E-state index is 0.310. The van der Waals surface area contributed by atoms with Gasteiger partial charge in [0.25, 0.3) is 0 Å². The van der Waals surface area contributed by atoms with Crippen LogP contribution in [0.2, 0.25) is 0 Å². The molecule has 0 amide bonds. The molecule has 4 heteroatoms. The van der Waals surface area contributed by atoms with Crippen LogP contribution in [0.25, 0.3) is 0 Å². The lowest BCUT2D eigenvalue weighted by Gasteiger charge is -2.21. The van der Waals surface area contributed by atoms with Crippen molar-refractivity contribution < 1.29 is 0 Å². The van der Waals surface area contributed by atoms with Crippen LogP contribution in [0.15, 0.2) is 6.07 Å². The second-order valence-corrected chi connectivity index (χ2v) is 7.24. The number of nitrogens with zero attached hydrogens (tertiary/aromatic N) is 1. The smallest absolute Gasteiger partial charge is 0.136 e. The Bertz CT molecular complexity index is 503. The van der Waals surface area contributed by atoms with Gasteiger partial charge in [0.05, 0.1) is 5.56 Å². The first-order chi connectivity index (χ1) is 9.37. The highest BCUT2D eigenvalue weighted by atomic mass is 32.1. The van der Waals surface area contributed by atoms with E-state index in [0.717, 1.165) is 37.2 Å². The molecule has 0 spiro atoms. The molecule has 0 fully saturated rings. The molecule has 0 bridgehead atoms. The fraction of sp³-hybridized carbons (Fsp3) is 0.625. The first-order valence-electron chi connectivity index (χ1n) is 7.43. The molecule has 0 aromatic carbocycles. The Morgan fingerprint density at radius 2 is 2.05 bits per heavy atom. The first-order valence-corrected chi connectivity index (χ1v) is 7.84. The van der Waals surface area contributed by atoms with Crippen LogP contribution in [-0.2, 0) is 12.8 Å². The summed E-state index contributed by atoms with van der Waals surface area (Å²) in [6.45, 7) is 7.61. The average Bonchev–Trinajstić information content (AvgIpc) is 2.36. The van der Waals surface area contributed by atoms with Gasteiger partial charge < -0.3 is 11.1 Å². The van der Waals surface area contributed by atoms with Crippen molar-refractivity contribution in [2.75, 3.05) is 11.9 Å². The molecule has 2 rings (SSSR count). The van der Waals surface area contributed by atoms with Crippen LogP contribution in [-0.4, -0.2) is 16.5 Å². The second kappa shape index (κ2) is 6.08. The zero-order valence-electron chi connectivity index (χ0n) is 12.8. The molecule has 0 atom stereocenters. The zero-order chi connectivity index (χ0) is 14.8. The van der Waals surface area contributed by atoms with Crippen molar-refractivity contribution in [3.05, 3.63) is 22.9 Å².